The topological polar surface area (TPSA) is 25.2 Å². The van der Waals surface area contributed by atoms with Crippen molar-refractivity contribution in [1.29, 1.82) is 0 Å². The van der Waals surface area contributed by atoms with Gasteiger partial charge in [0.15, 0.2) is 0 Å². The molecule has 2 aromatic heterocycles. The van der Waals surface area contributed by atoms with Crippen LogP contribution < -0.4 is 5.32 Å². The molecule has 3 heteroatoms. The van der Waals surface area contributed by atoms with Crippen molar-refractivity contribution in [2.24, 2.45) is 0 Å². The van der Waals surface area contributed by atoms with Crippen LogP contribution in [0.3, 0.4) is 0 Å². The average Bonchev–Trinajstić information content (AvgIpc) is 3.61. The number of anilines is 2. The summed E-state index contributed by atoms with van der Waals surface area (Å²) in [6, 6.07) is 52.0. The van der Waals surface area contributed by atoms with Crippen molar-refractivity contribution in [3.8, 4) is 22.3 Å². The first-order valence-electron chi connectivity index (χ1n) is 14.5. The van der Waals surface area contributed by atoms with Crippen LogP contribution in [0.2, 0.25) is 0 Å². The van der Waals surface area contributed by atoms with E-state index in [0.29, 0.717) is 0 Å². The number of thiophene rings is 1. The van der Waals surface area contributed by atoms with Crippen LogP contribution in [0.25, 0.3) is 75.1 Å². The molecule has 0 aliphatic rings. The van der Waals surface area contributed by atoms with Crippen molar-refractivity contribution in [2.45, 2.75) is 0 Å². The SMILES string of the molecule is c1ccc(-c2ccc(-c3cc(Nc4ccc5c(c4)sc4ccccc45)cc4c3oc3cc5ccccc5cc34)cc2)cc1. The molecule has 0 atom stereocenters. The van der Waals surface area contributed by atoms with Crippen LogP contribution in [0.4, 0.5) is 11.4 Å². The third-order valence-electron chi connectivity index (χ3n) is 8.41. The molecule has 0 saturated carbocycles. The molecule has 0 bridgehead atoms. The Hall–Kier alpha value is -5.38. The highest BCUT2D eigenvalue weighted by Gasteiger charge is 2.16. The first-order chi connectivity index (χ1) is 21.3. The molecule has 0 unspecified atom stereocenters. The van der Waals surface area contributed by atoms with Crippen molar-refractivity contribution in [1.82, 2.24) is 0 Å². The molecule has 2 nitrogen and oxygen atoms in total. The van der Waals surface area contributed by atoms with Gasteiger partial charge in [-0.15, -0.1) is 11.3 Å². The molecule has 2 heterocycles. The number of hydrogen-bond donors (Lipinski definition) is 1. The van der Waals surface area contributed by atoms with E-state index in [4.69, 9.17) is 4.42 Å². The maximum absolute atomic E-state index is 6.63. The molecule has 0 amide bonds. The predicted molar refractivity (Wildman–Crippen MR) is 185 cm³/mol. The number of fused-ring (bicyclic) bond motifs is 7. The highest BCUT2D eigenvalue weighted by molar-refractivity contribution is 7.25. The smallest absolute Gasteiger partial charge is 0.143 e. The first-order valence-corrected chi connectivity index (χ1v) is 15.3. The Balaban J connectivity index is 1.21. The monoisotopic (exact) mass is 567 g/mol. The predicted octanol–water partition coefficient (Wildman–Crippen LogP) is 12.2. The summed E-state index contributed by atoms with van der Waals surface area (Å²) >= 11 is 1.84. The minimum atomic E-state index is 0.903. The van der Waals surface area contributed by atoms with Gasteiger partial charge in [0.1, 0.15) is 11.2 Å². The van der Waals surface area contributed by atoms with Crippen molar-refractivity contribution >= 4 is 75.6 Å². The molecule has 0 fully saturated rings. The van der Waals surface area contributed by atoms with Crippen LogP contribution in [0.5, 0.6) is 0 Å². The van der Waals surface area contributed by atoms with E-state index < -0.39 is 0 Å². The highest BCUT2D eigenvalue weighted by atomic mass is 32.1. The maximum atomic E-state index is 6.63. The van der Waals surface area contributed by atoms with E-state index in [1.165, 1.54) is 42.1 Å². The van der Waals surface area contributed by atoms with Crippen LogP contribution >= 0.6 is 11.3 Å². The Kier molecular flexibility index (Phi) is 5.40. The molecule has 7 aromatic carbocycles. The van der Waals surface area contributed by atoms with E-state index >= 15 is 0 Å². The van der Waals surface area contributed by atoms with Crippen LogP contribution in [0.1, 0.15) is 0 Å². The van der Waals surface area contributed by atoms with Gasteiger partial charge in [-0.25, -0.2) is 0 Å². The van der Waals surface area contributed by atoms with Crippen molar-refractivity contribution in [3.05, 3.63) is 146 Å². The third kappa shape index (κ3) is 4.09. The minimum Gasteiger partial charge on any atom is -0.455 e. The van der Waals surface area contributed by atoms with E-state index in [1.54, 1.807) is 0 Å². The summed E-state index contributed by atoms with van der Waals surface area (Å²) in [6.07, 6.45) is 0. The highest BCUT2D eigenvalue weighted by Crippen LogP contribution is 2.41. The van der Waals surface area contributed by atoms with Crippen molar-refractivity contribution in [2.75, 3.05) is 5.32 Å². The molecule has 0 aliphatic heterocycles. The van der Waals surface area contributed by atoms with Gasteiger partial charge >= 0.3 is 0 Å². The normalized spacial score (nSPS) is 11.7. The second kappa shape index (κ2) is 9.59. The molecular formula is C40H25NOS. The third-order valence-corrected chi connectivity index (χ3v) is 9.54. The molecule has 202 valence electrons. The van der Waals surface area contributed by atoms with Crippen molar-refractivity contribution in [3.63, 3.8) is 0 Å². The lowest BCUT2D eigenvalue weighted by Gasteiger charge is -2.11. The Morgan fingerprint density at radius 3 is 2.00 bits per heavy atom. The zero-order valence-corrected chi connectivity index (χ0v) is 24.0. The van der Waals surface area contributed by atoms with Gasteiger partial charge in [-0.2, -0.15) is 0 Å². The standard InChI is InChI=1S/C40H25NOS/c1-2-8-25(9-3-1)26-14-16-27(17-15-26)34-22-31(41-30-18-19-33-32-12-6-7-13-38(32)43-39(33)24-30)23-36-35-20-28-10-4-5-11-29(28)21-37(35)42-40(34)36/h1-24,41H. The second-order valence-corrected chi connectivity index (χ2v) is 12.2. The van der Waals surface area contributed by atoms with Crippen LogP contribution in [0, 0.1) is 0 Å². The lowest BCUT2D eigenvalue weighted by Crippen LogP contribution is -1.91. The van der Waals surface area contributed by atoms with Crippen LogP contribution in [-0.4, -0.2) is 0 Å². The minimum absolute atomic E-state index is 0.903. The molecule has 9 aromatic rings. The van der Waals surface area contributed by atoms with E-state index in [1.807, 2.05) is 11.3 Å². The average molecular weight is 568 g/mol. The van der Waals surface area contributed by atoms with Gasteiger partial charge in [-0.1, -0.05) is 103 Å². The van der Waals surface area contributed by atoms with Crippen LogP contribution in [0.15, 0.2) is 150 Å². The zero-order valence-electron chi connectivity index (χ0n) is 23.2. The van der Waals surface area contributed by atoms with E-state index in [0.717, 1.165) is 44.4 Å². The number of hydrogen-bond acceptors (Lipinski definition) is 3. The van der Waals surface area contributed by atoms with E-state index in [9.17, 15) is 0 Å². The van der Waals surface area contributed by atoms with Crippen molar-refractivity contribution < 1.29 is 4.42 Å². The number of benzene rings is 7. The number of nitrogens with one attached hydrogen (secondary N) is 1. The fourth-order valence-electron chi connectivity index (χ4n) is 6.29. The summed E-state index contributed by atoms with van der Waals surface area (Å²) in [5, 5.41) is 11.0. The van der Waals surface area contributed by atoms with Gasteiger partial charge in [-0.3, -0.25) is 0 Å². The largest absolute Gasteiger partial charge is 0.455 e. The van der Waals surface area contributed by atoms with E-state index in [-0.39, 0.29) is 0 Å². The fraction of sp³-hybridized carbons (Fsp3) is 0. The number of furan rings is 1. The van der Waals surface area contributed by atoms with E-state index in [2.05, 4.69) is 151 Å². The molecule has 43 heavy (non-hydrogen) atoms. The quantitative estimate of drug-likeness (QED) is 0.229. The Morgan fingerprint density at radius 1 is 0.442 bits per heavy atom. The molecule has 9 rings (SSSR count). The summed E-state index contributed by atoms with van der Waals surface area (Å²) in [5.74, 6) is 0. The molecule has 0 aliphatic carbocycles. The van der Waals surface area contributed by atoms with Gasteiger partial charge in [0.2, 0.25) is 0 Å². The molecular weight excluding hydrogens is 543 g/mol. The summed E-state index contributed by atoms with van der Waals surface area (Å²) in [5.41, 5.74) is 8.51. The first kappa shape index (κ1) is 24.2. The fourth-order valence-corrected chi connectivity index (χ4v) is 7.44. The lowest BCUT2D eigenvalue weighted by atomic mass is 9.97. The van der Waals surface area contributed by atoms with Gasteiger partial charge in [-0.05, 0) is 69.9 Å². The Morgan fingerprint density at radius 2 is 1.14 bits per heavy atom. The molecule has 0 radical (unpaired) electrons. The molecule has 0 spiro atoms. The zero-order chi connectivity index (χ0) is 28.3. The second-order valence-electron chi connectivity index (χ2n) is 11.1. The van der Waals surface area contributed by atoms with Gasteiger partial charge in [0, 0.05) is 47.9 Å². The molecule has 0 saturated heterocycles. The summed E-state index contributed by atoms with van der Waals surface area (Å²) in [6.45, 7) is 0. The lowest BCUT2D eigenvalue weighted by molar-refractivity contribution is 0.670. The summed E-state index contributed by atoms with van der Waals surface area (Å²) < 4.78 is 9.23. The van der Waals surface area contributed by atoms with Crippen LogP contribution in [-0.2, 0) is 0 Å². The molecule has 1 N–H and O–H groups in total. The van der Waals surface area contributed by atoms with Gasteiger partial charge in [0.25, 0.3) is 0 Å². The van der Waals surface area contributed by atoms with Gasteiger partial charge < -0.3 is 9.73 Å². The Bertz CT molecular complexity index is 2470. The summed E-state index contributed by atoms with van der Waals surface area (Å²) in [4.78, 5) is 0. The Labute approximate surface area is 252 Å². The maximum Gasteiger partial charge on any atom is 0.143 e. The van der Waals surface area contributed by atoms with Gasteiger partial charge in [0.05, 0.1) is 0 Å². The summed E-state index contributed by atoms with van der Waals surface area (Å²) in [7, 11) is 0. The number of rotatable bonds is 4.